The van der Waals surface area contributed by atoms with Gasteiger partial charge in [-0.25, -0.2) is 13.1 Å². The Balaban J connectivity index is 0.00000101. The molecule has 1 aliphatic carbocycles. The van der Waals surface area contributed by atoms with Crippen molar-refractivity contribution >= 4 is 22.4 Å². The van der Waals surface area contributed by atoms with Crippen LogP contribution in [0, 0.1) is 5.92 Å². The number of amides is 1. The minimum Gasteiger partial charge on any atom is -0.483 e. The lowest BCUT2D eigenvalue weighted by molar-refractivity contribution is -0.123. The molecular weight excluding hydrogens is 406 g/mol. The van der Waals surface area contributed by atoms with Crippen molar-refractivity contribution in [1.82, 2.24) is 14.9 Å². The van der Waals surface area contributed by atoms with Gasteiger partial charge in [-0.15, -0.1) is 0 Å². The van der Waals surface area contributed by atoms with Crippen LogP contribution in [0.25, 0.3) is 0 Å². The Morgan fingerprint density at radius 2 is 1.77 bits per heavy atom. The van der Waals surface area contributed by atoms with E-state index in [1.165, 1.54) is 12.8 Å². The van der Waals surface area contributed by atoms with Crippen molar-refractivity contribution < 1.29 is 23.1 Å². The fourth-order valence-electron chi connectivity index (χ4n) is 3.83. The van der Waals surface area contributed by atoms with Crippen LogP contribution in [0.1, 0.15) is 46.0 Å². The van der Waals surface area contributed by atoms with Crippen LogP contribution in [0.5, 0.6) is 0 Å². The second-order valence-corrected chi connectivity index (χ2v) is 9.99. The first-order valence-corrected chi connectivity index (χ1v) is 11.9. The molecule has 2 fully saturated rings. The lowest BCUT2D eigenvalue weighted by Crippen LogP contribution is -2.45. The maximum atomic E-state index is 12.5. The zero-order valence-electron chi connectivity index (χ0n) is 17.7. The molecule has 1 saturated heterocycles. The molecule has 1 aliphatic heterocycles. The summed E-state index contributed by atoms with van der Waals surface area (Å²) < 4.78 is 27.8. The van der Waals surface area contributed by atoms with Crippen LogP contribution in [0.15, 0.2) is 35.2 Å². The molecule has 2 aliphatic rings. The molecule has 1 saturated carbocycles. The summed E-state index contributed by atoms with van der Waals surface area (Å²) in [6.45, 7) is 5.05. The molecule has 1 aromatic carbocycles. The highest BCUT2D eigenvalue weighted by molar-refractivity contribution is 7.89. The van der Waals surface area contributed by atoms with Crippen molar-refractivity contribution in [2.75, 3.05) is 13.1 Å². The van der Waals surface area contributed by atoms with Crippen molar-refractivity contribution in [2.24, 2.45) is 5.92 Å². The normalized spacial score (nSPS) is 21.7. The summed E-state index contributed by atoms with van der Waals surface area (Å²) in [5, 5.41) is 9.86. The number of benzene rings is 1. The average molecular weight is 440 g/mol. The Labute approximate surface area is 179 Å². The van der Waals surface area contributed by atoms with Gasteiger partial charge in [-0.1, -0.05) is 18.2 Å². The molecule has 3 rings (SSSR count). The van der Waals surface area contributed by atoms with Crippen LogP contribution in [0.4, 0.5) is 0 Å². The van der Waals surface area contributed by atoms with E-state index < -0.39 is 10.0 Å². The van der Waals surface area contributed by atoms with E-state index in [0.29, 0.717) is 23.8 Å². The van der Waals surface area contributed by atoms with Gasteiger partial charge in [0.15, 0.2) is 0 Å². The van der Waals surface area contributed by atoms with Crippen molar-refractivity contribution in [3.63, 3.8) is 0 Å². The number of rotatable bonds is 9. The van der Waals surface area contributed by atoms with Gasteiger partial charge in [0.1, 0.15) is 0 Å². The summed E-state index contributed by atoms with van der Waals surface area (Å²) in [5.74, 6) is 0.785. The van der Waals surface area contributed by atoms with Gasteiger partial charge in [-0.05, 0) is 57.6 Å². The SMILES string of the molecule is CC(C)NC(=O)C[C@H]1CC[C@@H](CNS(=O)(=O)c2ccccc2)N1CC1CC1.O=CO. The molecule has 8 nitrogen and oxygen atoms in total. The van der Waals surface area contributed by atoms with E-state index in [4.69, 9.17) is 9.90 Å². The Kier molecular flexibility index (Phi) is 9.26. The zero-order chi connectivity index (χ0) is 22.1. The number of carboxylic acid groups (broad SMARTS) is 1. The molecule has 2 atom stereocenters. The van der Waals surface area contributed by atoms with Crippen molar-refractivity contribution in [3.8, 4) is 0 Å². The molecule has 0 aromatic heterocycles. The van der Waals surface area contributed by atoms with E-state index in [0.717, 1.165) is 19.4 Å². The van der Waals surface area contributed by atoms with Crippen LogP contribution < -0.4 is 10.0 Å². The third-order valence-corrected chi connectivity index (χ3v) is 6.81. The van der Waals surface area contributed by atoms with Crippen molar-refractivity contribution in [2.45, 2.75) is 69.0 Å². The summed E-state index contributed by atoms with van der Waals surface area (Å²) in [5.41, 5.74) is 0. The Hall–Kier alpha value is -1.97. The fourth-order valence-corrected chi connectivity index (χ4v) is 4.93. The maximum Gasteiger partial charge on any atom is 0.290 e. The summed E-state index contributed by atoms with van der Waals surface area (Å²) in [4.78, 5) is 23.3. The molecule has 1 amide bonds. The number of nitrogens with one attached hydrogen (secondary N) is 2. The van der Waals surface area contributed by atoms with Gasteiger partial charge >= 0.3 is 0 Å². The molecule has 3 N–H and O–H groups in total. The van der Waals surface area contributed by atoms with Crippen LogP contribution >= 0.6 is 0 Å². The quantitative estimate of drug-likeness (QED) is 0.506. The Bertz CT molecular complexity index is 781. The second kappa shape index (κ2) is 11.4. The third-order valence-electron chi connectivity index (χ3n) is 5.37. The van der Waals surface area contributed by atoms with E-state index in [1.807, 2.05) is 13.8 Å². The van der Waals surface area contributed by atoms with Gasteiger partial charge in [0.25, 0.3) is 6.47 Å². The van der Waals surface area contributed by atoms with Gasteiger partial charge in [0.2, 0.25) is 15.9 Å². The highest BCUT2D eigenvalue weighted by Gasteiger charge is 2.38. The largest absolute Gasteiger partial charge is 0.483 e. The van der Waals surface area contributed by atoms with Gasteiger partial charge in [0.05, 0.1) is 4.90 Å². The van der Waals surface area contributed by atoms with E-state index in [9.17, 15) is 13.2 Å². The van der Waals surface area contributed by atoms with Crippen LogP contribution in [-0.4, -0.2) is 62.0 Å². The van der Waals surface area contributed by atoms with Crippen molar-refractivity contribution in [3.05, 3.63) is 30.3 Å². The average Bonchev–Trinajstić information content (AvgIpc) is 3.43. The third kappa shape index (κ3) is 7.70. The lowest BCUT2D eigenvalue weighted by atomic mass is 10.1. The summed E-state index contributed by atoms with van der Waals surface area (Å²) >= 11 is 0. The minimum atomic E-state index is -3.50. The molecular formula is C21H33N3O5S. The van der Waals surface area contributed by atoms with E-state index in [1.54, 1.807) is 30.3 Å². The van der Waals surface area contributed by atoms with Gasteiger partial charge in [-0.3, -0.25) is 14.5 Å². The smallest absolute Gasteiger partial charge is 0.290 e. The molecule has 30 heavy (non-hydrogen) atoms. The van der Waals surface area contributed by atoms with Crippen LogP contribution in [0.3, 0.4) is 0 Å². The predicted molar refractivity (Wildman–Crippen MR) is 114 cm³/mol. The Morgan fingerprint density at radius 1 is 1.17 bits per heavy atom. The number of carbonyl (C=O) groups excluding carboxylic acids is 1. The Morgan fingerprint density at radius 3 is 2.33 bits per heavy atom. The summed E-state index contributed by atoms with van der Waals surface area (Å²) in [6, 6.07) is 8.98. The number of hydrogen-bond acceptors (Lipinski definition) is 5. The number of nitrogens with zero attached hydrogens (tertiary/aromatic N) is 1. The molecule has 0 unspecified atom stereocenters. The molecule has 0 bridgehead atoms. The van der Waals surface area contributed by atoms with E-state index in [-0.39, 0.29) is 30.5 Å². The molecule has 0 spiro atoms. The monoisotopic (exact) mass is 439 g/mol. The van der Waals surface area contributed by atoms with E-state index >= 15 is 0 Å². The molecule has 0 radical (unpaired) electrons. The van der Waals surface area contributed by atoms with Crippen LogP contribution in [-0.2, 0) is 19.6 Å². The molecule has 9 heteroatoms. The van der Waals surface area contributed by atoms with Crippen molar-refractivity contribution in [1.29, 1.82) is 0 Å². The predicted octanol–water partition coefficient (Wildman–Crippen LogP) is 1.82. The van der Waals surface area contributed by atoms with E-state index in [2.05, 4.69) is 14.9 Å². The van der Waals surface area contributed by atoms with Gasteiger partial charge < -0.3 is 10.4 Å². The minimum absolute atomic E-state index is 0.0845. The first-order valence-electron chi connectivity index (χ1n) is 10.4. The van der Waals surface area contributed by atoms with Gasteiger partial charge in [0, 0.05) is 37.6 Å². The highest BCUT2D eigenvalue weighted by Crippen LogP contribution is 2.35. The second-order valence-electron chi connectivity index (χ2n) is 8.22. The summed E-state index contributed by atoms with van der Waals surface area (Å²) in [7, 11) is -3.50. The first-order chi connectivity index (χ1) is 14.3. The summed E-state index contributed by atoms with van der Waals surface area (Å²) in [6.07, 6.45) is 4.83. The number of carbonyl (C=O) groups is 2. The molecule has 1 aromatic rings. The molecule has 168 valence electrons. The van der Waals surface area contributed by atoms with Gasteiger partial charge in [-0.2, -0.15) is 0 Å². The number of sulfonamides is 1. The zero-order valence-corrected chi connectivity index (χ0v) is 18.5. The number of likely N-dealkylation sites (tertiary alicyclic amines) is 1. The molecule has 1 heterocycles. The highest BCUT2D eigenvalue weighted by atomic mass is 32.2. The topological polar surface area (TPSA) is 116 Å². The standard InChI is InChI=1S/C20H31N3O3S.CH2O2/c1-15(2)22-20(24)12-17-10-11-18(23(17)14-16-8-9-16)13-21-27(25,26)19-6-4-3-5-7-19;2-1-3/h3-7,15-18,21H,8-14H2,1-2H3,(H,22,24);1H,(H,2,3)/t17-,18+;/m1./s1. The van der Waals surface area contributed by atoms with Crippen LogP contribution in [0.2, 0.25) is 0 Å². The first kappa shape index (κ1) is 24.3. The fraction of sp³-hybridized carbons (Fsp3) is 0.619. The maximum absolute atomic E-state index is 12.5. The lowest BCUT2D eigenvalue weighted by Gasteiger charge is -2.30. The number of hydrogen-bond donors (Lipinski definition) is 3.